The number of aromatic nitrogens is 2. The predicted molar refractivity (Wildman–Crippen MR) is 59.7 cm³/mol. The fraction of sp³-hybridized carbons (Fsp3) is 0.778. The van der Waals surface area contributed by atoms with Gasteiger partial charge >= 0.3 is 0 Å². The summed E-state index contributed by atoms with van der Waals surface area (Å²) in [4.78, 5) is 6.39. The van der Waals surface area contributed by atoms with E-state index in [1.807, 2.05) is 0 Å². The van der Waals surface area contributed by atoms with E-state index in [0.29, 0.717) is 11.8 Å². The molecular formula is C9H15ClN4O2. The van der Waals surface area contributed by atoms with Crippen LogP contribution in [0.5, 0.6) is 0 Å². The Labute approximate surface area is 99.5 Å². The maximum Gasteiger partial charge on any atom is 0.266 e. The second kappa shape index (κ2) is 4.20. The third-order valence-electron chi connectivity index (χ3n) is 2.92. The van der Waals surface area contributed by atoms with E-state index in [1.165, 1.54) is 0 Å². The van der Waals surface area contributed by atoms with Crippen LogP contribution in [0.15, 0.2) is 4.52 Å². The summed E-state index contributed by atoms with van der Waals surface area (Å²) in [7, 11) is 0. The number of rotatable bonds is 2. The summed E-state index contributed by atoms with van der Waals surface area (Å²) in [6, 6.07) is 0. The molecule has 3 rings (SSSR count). The maximum atomic E-state index is 5.97. The van der Waals surface area contributed by atoms with Gasteiger partial charge in [0.15, 0.2) is 0 Å². The van der Waals surface area contributed by atoms with Crippen molar-refractivity contribution in [1.29, 1.82) is 0 Å². The molecule has 2 heterocycles. The molecular weight excluding hydrogens is 232 g/mol. The minimum Gasteiger partial charge on any atom is -0.378 e. The largest absolute Gasteiger partial charge is 0.378 e. The van der Waals surface area contributed by atoms with Gasteiger partial charge in [0, 0.05) is 13.1 Å². The van der Waals surface area contributed by atoms with Crippen molar-refractivity contribution in [2.24, 2.45) is 5.73 Å². The molecule has 1 aliphatic heterocycles. The monoisotopic (exact) mass is 246 g/mol. The fourth-order valence-corrected chi connectivity index (χ4v) is 1.66. The lowest BCUT2D eigenvalue weighted by molar-refractivity contribution is 0.121. The average molecular weight is 247 g/mol. The van der Waals surface area contributed by atoms with Gasteiger partial charge in [0.1, 0.15) is 0 Å². The Bertz CT molecular complexity index is 360. The van der Waals surface area contributed by atoms with E-state index in [-0.39, 0.29) is 17.9 Å². The van der Waals surface area contributed by atoms with Crippen LogP contribution in [-0.4, -0.2) is 36.4 Å². The van der Waals surface area contributed by atoms with Gasteiger partial charge in [-0.05, 0) is 18.0 Å². The Morgan fingerprint density at radius 1 is 1.25 bits per heavy atom. The molecule has 2 N–H and O–H groups in total. The molecule has 0 aromatic carbocycles. The molecule has 6 nitrogen and oxygen atoms in total. The van der Waals surface area contributed by atoms with Crippen LogP contribution in [-0.2, 0) is 10.3 Å². The van der Waals surface area contributed by atoms with Crippen LogP contribution < -0.4 is 10.6 Å². The van der Waals surface area contributed by atoms with Crippen molar-refractivity contribution >= 4 is 18.4 Å². The van der Waals surface area contributed by atoms with Crippen LogP contribution in [0.1, 0.15) is 18.7 Å². The highest BCUT2D eigenvalue weighted by atomic mass is 35.5. The van der Waals surface area contributed by atoms with Gasteiger partial charge in [-0.2, -0.15) is 4.98 Å². The molecule has 0 unspecified atom stereocenters. The first-order valence-electron chi connectivity index (χ1n) is 5.24. The highest BCUT2D eigenvalue weighted by molar-refractivity contribution is 5.85. The third-order valence-corrected chi connectivity index (χ3v) is 2.92. The van der Waals surface area contributed by atoms with Crippen LogP contribution >= 0.6 is 12.4 Å². The van der Waals surface area contributed by atoms with Crippen LogP contribution in [0.4, 0.5) is 5.95 Å². The van der Waals surface area contributed by atoms with Crippen molar-refractivity contribution in [2.75, 3.05) is 31.2 Å². The Hall–Kier alpha value is -0.850. The number of anilines is 1. The Balaban J connectivity index is 0.000000963. The maximum absolute atomic E-state index is 5.97. The van der Waals surface area contributed by atoms with Gasteiger partial charge in [-0.25, -0.2) is 0 Å². The van der Waals surface area contributed by atoms with Gasteiger partial charge in [-0.3, -0.25) is 0 Å². The third kappa shape index (κ3) is 2.00. The van der Waals surface area contributed by atoms with Crippen LogP contribution in [0.3, 0.4) is 0 Å². The molecule has 0 atom stereocenters. The van der Waals surface area contributed by atoms with E-state index in [9.17, 15) is 0 Å². The molecule has 0 radical (unpaired) electrons. The van der Waals surface area contributed by atoms with E-state index in [1.54, 1.807) is 0 Å². The van der Waals surface area contributed by atoms with Gasteiger partial charge < -0.3 is 19.9 Å². The SMILES string of the molecule is Cl.NC1(c2nc(N3CCOCC3)no2)CC1. The van der Waals surface area contributed by atoms with Crippen molar-refractivity contribution in [2.45, 2.75) is 18.4 Å². The van der Waals surface area contributed by atoms with Gasteiger partial charge in [0.2, 0.25) is 5.89 Å². The van der Waals surface area contributed by atoms with Crippen LogP contribution in [0, 0.1) is 0 Å². The van der Waals surface area contributed by atoms with Crippen LogP contribution in [0.25, 0.3) is 0 Å². The summed E-state index contributed by atoms with van der Waals surface area (Å²) in [5.74, 6) is 1.22. The number of nitrogens with two attached hydrogens (primary N) is 1. The zero-order chi connectivity index (χ0) is 10.3. The molecule has 1 aliphatic carbocycles. The highest BCUT2D eigenvalue weighted by Crippen LogP contribution is 2.42. The Morgan fingerprint density at radius 2 is 1.94 bits per heavy atom. The van der Waals surface area contributed by atoms with Crippen molar-refractivity contribution < 1.29 is 9.26 Å². The number of morpholine rings is 1. The minimum atomic E-state index is -0.336. The first-order chi connectivity index (χ1) is 7.28. The summed E-state index contributed by atoms with van der Waals surface area (Å²) >= 11 is 0. The zero-order valence-electron chi connectivity index (χ0n) is 8.89. The predicted octanol–water partition coefficient (Wildman–Crippen LogP) is 0.276. The first kappa shape index (κ1) is 11.6. The summed E-state index contributed by atoms with van der Waals surface area (Å²) in [5.41, 5.74) is 5.64. The molecule has 16 heavy (non-hydrogen) atoms. The van der Waals surface area contributed by atoms with Gasteiger partial charge in [-0.15, -0.1) is 12.4 Å². The lowest BCUT2D eigenvalue weighted by atomic mass is 10.3. The highest BCUT2D eigenvalue weighted by Gasteiger charge is 2.45. The average Bonchev–Trinajstić information content (AvgIpc) is 2.85. The molecule has 2 aliphatic rings. The molecule has 0 bridgehead atoms. The summed E-state index contributed by atoms with van der Waals surface area (Å²) in [6.45, 7) is 3.07. The molecule has 1 aromatic rings. The molecule has 1 saturated carbocycles. The second-order valence-corrected chi connectivity index (χ2v) is 4.16. The lowest BCUT2D eigenvalue weighted by Crippen LogP contribution is -2.37. The standard InChI is InChI=1S/C9H14N4O2.ClH/c10-9(1-2-9)7-11-8(12-15-7)13-3-5-14-6-4-13;/h1-6,10H2;1H. The molecule has 1 aromatic heterocycles. The topological polar surface area (TPSA) is 77.4 Å². The Kier molecular flexibility index (Phi) is 3.05. The number of hydrogen-bond donors (Lipinski definition) is 1. The second-order valence-electron chi connectivity index (χ2n) is 4.16. The normalized spacial score (nSPS) is 22.7. The summed E-state index contributed by atoms with van der Waals surface area (Å²) < 4.78 is 10.4. The van der Waals surface area contributed by atoms with Gasteiger partial charge in [-0.1, -0.05) is 0 Å². The lowest BCUT2D eigenvalue weighted by Gasteiger charge is -2.24. The van der Waals surface area contributed by atoms with Crippen molar-refractivity contribution in [3.05, 3.63) is 5.89 Å². The van der Waals surface area contributed by atoms with E-state index in [0.717, 1.165) is 39.1 Å². The van der Waals surface area contributed by atoms with Crippen molar-refractivity contribution in [1.82, 2.24) is 10.1 Å². The number of nitrogens with zero attached hydrogens (tertiary/aromatic N) is 3. The van der Waals surface area contributed by atoms with Crippen molar-refractivity contribution in [3.63, 3.8) is 0 Å². The molecule has 2 fully saturated rings. The summed E-state index contributed by atoms with van der Waals surface area (Å²) in [6.07, 6.45) is 1.88. The smallest absolute Gasteiger partial charge is 0.266 e. The molecule has 7 heteroatoms. The molecule has 0 amide bonds. The van der Waals surface area contributed by atoms with E-state index >= 15 is 0 Å². The number of hydrogen-bond acceptors (Lipinski definition) is 6. The fourth-order valence-electron chi connectivity index (χ4n) is 1.66. The van der Waals surface area contributed by atoms with E-state index in [4.69, 9.17) is 15.0 Å². The van der Waals surface area contributed by atoms with Crippen LogP contribution in [0.2, 0.25) is 0 Å². The van der Waals surface area contributed by atoms with Crippen molar-refractivity contribution in [3.8, 4) is 0 Å². The minimum absolute atomic E-state index is 0. The van der Waals surface area contributed by atoms with E-state index < -0.39 is 0 Å². The number of ether oxygens (including phenoxy) is 1. The molecule has 90 valence electrons. The van der Waals surface area contributed by atoms with E-state index in [2.05, 4.69) is 15.0 Å². The Morgan fingerprint density at radius 3 is 2.56 bits per heavy atom. The molecule has 0 spiro atoms. The van der Waals surface area contributed by atoms with Gasteiger partial charge in [0.05, 0.1) is 18.8 Å². The summed E-state index contributed by atoms with van der Waals surface area (Å²) in [5, 5.41) is 3.95. The zero-order valence-corrected chi connectivity index (χ0v) is 9.70. The quantitative estimate of drug-likeness (QED) is 0.808. The molecule has 1 saturated heterocycles. The van der Waals surface area contributed by atoms with Gasteiger partial charge in [0.25, 0.3) is 5.95 Å². The first-order valence-corrected chi connectivity index (χ1v) is 5.24. The number of halogens is 1.